The van der Waals surface area contributed by atoms with E-state index in [1.165, 1.54) is 16.2 Å². The highest BCUT2D eigenvalue weighted by atomic mass is 35.5. The van der Waals surface area contributed by atoms with Gasteiger partial charge in [0.05, 0.1) is 10.3 Å². The summed E-state index contributed by atoms with van der Waals surface area (Å²) in [6.07, 6.45) is 0.717. The van der Waals surface area contributed by atoms with Crippen LogP contribution in [-0.4, -0.2) is 41.6 Å². The average Bonchev–Trinajstić information content (AvgIpc) is 2.81. The van der Waals surface area contributed by atoms with Crippen LogP contribution in [0.25, 0.3) is 0 Å². The summed E-state index contributed by atoms with van der Waals surface area (Å²) in [5.74, 6) is -1.47. The molecule has 0 saturated carbocycles. The number of thiophene rings is 1. The molecule has 20 heavy (non-hydrogen) atoms. The highest BCUT2D eigenvalue weighted by Gasteiger charge is 2.18. The van der Waals surface area contributed by atoms with Gasteiger partial charge < -0.3 is 15.3 Å². The van der Waals surface area contributed by atoms with E-state index in [2.05, 4.69) is 5.32 Å². The van der Waals surface area contributed by atoms with E-state index < -0.39 is 11.9 Å². The summed E-state index contributed by atoms with van der Waals surface area (Å²) in [6.45, 7) is 4.61. The zero-order valence-electron chi connectivity index (χ0n) is 11.6. The first kappa shape index (κ1) is 16.8. The smallest absolute Gasteiger partial charge is 0.317 e. The quantitative estimate of drug-likeness (QED) is 0.812. The van der Waals surface area contributed by atoms with E-state index in [0.29, 0.717) is 13.1 Å². The highest BCUT2D eigenvalue weighted by Crippen LogP contribution is 2.21. The Morgan fingerprint density at radius 1 is 1.50 bits per heavy atom. The van der Waals surface area contributed by atoms with Crippen molar-refractivity contribution in [3.8, 4) is 0 Å². The van der Waals surface area contributed by atoms with Crippen molar-refractivity contribution in [2.24, 2.45) is 5.92 Å². The van der Waals surface area contributed by atoms with Crippen LogP contribution in [0.2, 0.25) is 4.34 Å². The van der Waals surface area contributed by atoms with Crippen LogP contribution in [0.5, 0.6) is 0 Å². The van der Waals surface area contributed by atoms with Gasteiger partial charge in [-0.2, -0.15) is 0 Å². The second kappa shape index (κ2) is 8.11. The van der Waals surface area contributed by atoms with Crippen LogP contribution in [0.3, 0.4) is 0 Å². The molecule has 1 aromatic rings. The maximum Gasteiger partial charge on any atom is 0.317 e. The van der Waals surface area contributed by atoms with E-state index in [1.54, 1.807) is 6.92 Å². The predicted octanol–water partition coefficient (Wildman–Crippen LogP) is 2.70. The number of carboxylic acid groups (broad SMARTS) is 1. The molecule has 1 atom stereocenters. The van der Waals surface area contributed by atoms with Crippen molar-refractivity contribution in [1.29, 1.82) is 0 Å². The second-order valence-electron chi connectivity index (χ2n) is 4.47. The molecule has 0 aromatic carbocycles. The lowest BCUT2D eigenvalue weighted by molar-refractivity contribution is -0.141. The van der Waals surface area contributed by atoms with Crippen LogP contribution in [0, 0.1) is 5.92 Å². The van der Waals surface area contributed by atoms with Gasteiger partial charge in [-0.15, -0.1) is 11.3 Å². The van der Waals surface area contributed by atoms with Gasteiger partial charge in [-0.3, -0.25) is 4.79 Å². The van der Waals surface area contributed by atoms with Gasteiger partial charge in [0.15, 0.2) is 0 Å². The standard InChI is InChI=1S/C13H19ClN2O3S/c1-3-16(8-9(2)12(17)18)13(19)15-7-6-10-4-5-11(14)20-10/h4-5,9H,3,6-8H2,1-2H3,(H,15,19)(H,17,18). The van der Waals surface area contributed by atoms with E-state index in [0.717, 1.165) is 15.6 Å². The molecule has 7 heteroatoms. The number of nitrogens with one attached hydrogen (secondary N) is 1. The fourth-order valence-corrected chi connectivity index (χ4v) is 2.74. The number of carbonyl (C=O) groups excluding carboxylic acids is 1. The van der Waals surface area contributed by atoms with Crippen molar-refractivity contribution in [3.63, 3.8) is 0 Å². The van der Waals surface area contributed by atoms with E-state index in [1.807, 2.05) is 19.1 Å². The molecule has 2 amide bonds. The molecule has 2 N–H and O–H groups in total. The maximum absolute atomic E-state index is 11.9. The number of nitrogens with zero attached hydrogens (tertiary/aromatic N) is 1. The average molecular weight is 319 g/mol. The van der Waals surface area contributed by atoms with Gasteiger partial charge in [0.1, 0.15) is 0 Å². The Labute approximate surface area is 127 Å². The van der Waals surface area contributed by atoms with E-state index >= 15 is 0 Å². The molecule has 0 aliphatic carbocycles. The van der Waals surface area contributed by atoms with Crippen LogP contribution in [0.4, 0.5) is 4.79 Å². The Kier molecular flexibility index (Phi) is 6.81. The fraction of sp³-hybridized carbons (Fsp3) is 0.538. The molecule has 5 nitrogen and oxygen atoms in total. The summed E-state index contributed by atoms with van der Waals surface area (Å²) >= 11 is 7.32. The van der Waals surface area contributed by atoms with Gasteiger partial charge in [0.2, 0.25) is 0 Å². The van der Waals surface area contributed by atoms with Crippen molar-refractivity contribution in [3.05, 3.63) is 21.3 Å². The molecule has 1 unspecified atom stereocenters. The van der Waals surface area contributed by atoms with Gasteiger partial charge in [-0.25, -0.2) is 4.79 Å². The Balaban J connectivity index is 2.37. The number of hydrogen-bond donors (Lipinski definition) is 2. The summed E-state index contributed by atoms with van der Waals surface area (Å²) < 4.78 is 0.733. The van der Waals surface area contributed by atoms with Crippen LogP contribution in [-0.2, 0) is 11.2 Å². The Bertz CT molecular complexity index is 464. The van der Waals surface area contributed by atoms with Crippen molar-refractivity contribution in [2.45, 2.75) is 20.3 Å². The number of halogens is 1. The molecule has 0 radical (unpaired) electrons. The lowest BCUT2D eigenvalue weighted by atomic mass is 10.2. The third kappa shape index (κ3) is 5.38. The van der Waals surface area contributed by atoms with Gasteiger partial charge in [0.25, 0.3) is 0 Å². The van der Waals surface area contributed by atoms with E-state index in [-0.39, 0.29) is 12.6 Å². The first-order chi connectivity index (χ1) is 9.43. The minimum atomic E-state index is -0.899. The van der Waals surface area contributed by atoms with Crippen LogP contribution < -0.4 is 5.32 Å². The largest absolute Gasteiger partial charge is 0.481 e. The monoisotopic (exact) mass is 318 g/mol. The van der Waals surface area contributed by atoms with Gasteiger partial charge in [0, 0.05) is 24.5 Å². The molecule has 0 aliphatic rings. The molecule has 0 aliphatic heterocycles. The van der Waals surface area contributed by atoms with E-state index in [9.17, 15) is 9.59 Å². The molecule has 1 heterocycles. The Morgan fingerprint density at radius 2 is 2.20 bits per heavy atom. The zero-order valence-corrected chi connectivity index (χ0v) is 13.1. The number of aliphatic carboxylic acids is 1. The summed E-state index contributed by atoms with van der Waals surface area (Å²) in [5.41, 5.74) is 0. The number of hydrogen-bond acceptors (Lipinski definition) is 3. The zero-order chi connectivity index (χ0) is 15.1. The Morgan fingerprint density at radius 3 is 2.70 bits per heavy atom. The molecule has 1 aromatic heterocycles. The number of urea groups is 1. The van der Waals surface area contributed by atoms with Crippen LogP contribution in [0.15, 0.2) is 12.1 Å². The lowest BCUT2D eigenvalue weighted by Gasteiger charge is -2.23. The molecule has 0 spiro atoms. The summed E-state index contributed by atoms with van der Waals surface area (Å²) in [5, 5.41) is 11.7. The van der Waals surface area contributed by atoms with Crippen LogP contribution >= 0.6 is 22.9 Å². The van der Waals surface area contributed by atoms with Gasteiger partial charge in [-0.05, 0) is 25.5 Å². The molecule has 0 saturated heterocycles. The number of carboxylic acids is 1. The normalized spacial score (nSPS) is 11.9. The highest BCUT2D eigenvalue weighted by molar-refractivity contribution is 7.16. The maximum atomic E-state index is 11.9. The van der Waals surface area contributed by atoms with Crippen molar-refractivity contribution < 1.29 is 14.7 Å². The SMILES string of the molecule is CCN(CC(C)C(=O)O)C(=O)NCCc1ccc(Cl)s1. The van der Waals surface area contributed by atoms with Crippen molar-refractivity contribution in [2.75, 3.05) is 19.6 Å². The molecule has 112 valence electrons. The number of rotatable bonds is 7. The van der Waals surface area contributed by atoms with Gasteiger partial charge >= 0.3 is 12.0 Å². The van der Waals surface area contributed by atoms with Crippen molar-refractivity contribution in [1.82, 2.24) is 10.2 Å². The first-order valence-electron chi connectivity index (χ1n) is 6.43. The fourth-order valence-electron chi connectivity index (χ4n) is 1.65. The Hall–Kier alpha value is -1.27. The summed E-state index contributed by atoms with van der Waals surface area (Å²) in [4.78, 5) is 25.3. The molecular formula is C13H19ClN2O3S. The first-order valence-corrected chi connectivity index (χ1v) is 7.63. The lowest BCUT2D eigenvalue weighted by Crippen LogP contribution is -2.43. The summed E-state index contributed by atoms with van der Waals surface area (Å²) in [6, 6.07) is 3.53. The third-order valence-corrected chi connectivity index (χ3v) is 4.15. The van der Waals surface area contributed by atoms with Gasteiger partial charge in [-0.1, -0.05) is 18.5 Å². The predicted molar refractivity (Wildman–Crippen MR) is 80.5 cm³/mol. The van der Waals surface area contributed by atoms with E-state index in [4.69, 9.17) is 16.7 Å². The molecular weight excluding hydrogens is 300 g/mol. The second-order valence-corrected chi connectivity index (χ2v) is 6.27. The topological polar surface area (TPSA) is 69.6 Å². The molecule has 1 rings (SSSR count). The minimum Gasteiger partial charge on any atom is -0.481 e. The summed E-state index contributed by atoms with van der Waals surface area (Å²) in [7, 11) is 0. The third-order valence-electron chi connectivity index (χ3n) is 2.86. The van der Waals surface area contributed by atoms with Crippen molar-refractivity contribution >= 4 is 34.9 Å². The minimum absolute atomic E-state index is 0.211. The van der Waals surface area contributed by atoms with Crippen LogP contribution in [0.1, 0.15) is 18.7 Å². The number of amides is 2. The molecule has 0 fully saturated rings. The molecule has 0 bridgehead atoms. The number of carbonyl (C=O) groups is 2.